The van der Waals surface area contributed by atoms with Crippen molar-refractivity contribution in [3.05, 3.63) is 64.5 Å². The van der Waals surface area contributed by atoms with Crippen molar-refractivity contribution < 1.29 is 19.0 Å². The van der Waals surface area contributed by atoms with Crippen LogP contribution in [0.3, 0.4) is 0 Å². The molecule has 0 bridgehead atoms. The van der Waals surface area contributed by atoms with Gasteiger partial charge in [0.15, 0.2) is 16.6 Å². The Hall–Kier alpha value is -3.59. The first-order chi connectivity index (χ1) is 15.4. The minimum Gasteiger partial charge on any atom is -0.493 e. The summed E-state index contributed by atoms with van der Waals surface area (Å²) in [4.78, 5) is 12.7. The summed E-state index contributed by atoms with van der Waals surface area (Å²) in [5, 5.41) is 13.1. The van der Waals surface area contributed by atoms with Crippen molar-refractivity contribution in [2.24, 2.45) is 0 Å². The Kier molecular flexibility index (Phi) is 7.32. The van der Waals surface area contributed by atoms with Crippen LogP contribution in [0.1, 0.15) is 32.9 Å². The third-order valence-electron chi connectivity index (χ3n) is 5.03. The van der Waals surface area contributed by atoms with E-state index in [1.54, 1.807) is 12.1 Å². The van der Waals surface area contributed by atoms with Crippen LogP contribution in [-0.4, -0.2) is 42.5 Å². The molecular formula is C23H26N4O4S. The van der Waals surface area contributed by atoms with Gasteiger partial charge >= 0.3 is 0 Å². The first kappa shape index (κ1) is 23.1. The number of ether oxygens (including phenoxy) is 3. The first-order valence-corrected chi connectivity index (χ1v) is 10.3. The van der Waals surface area contributed by atoms with Gasteiger partial charge in [0.1, 0.15) is 0 Å². The molecule has 0 saturated heterocycles. The van der Waals surface area contributed by atoms with E-state index in [0.29, 0.717) is 22.8 Å². The minimum atomic E-state index is -0.399. The van der Waals surface area contributed by atoms with E-state index >= 15 is 0 Å². The predicted octanol–water partition coefficient (Wildman–Crippen LogP) is 3.77. The number of nitrogens with one attached hydrogen (secondary N) is 3. The Labute approximate surface area is 192 Å². The van der Waals surface area contributed by atoms with Crippen molar-refractivity contribution >= 4 is 28.9 Å². The quantitative estimate of drug-likeness (QED) is 0.468. The fourth-order valence-electron chi connectivity index (χ4n) is 3.29. The molecule has 0 aliphatic heterocycles. The second kappa shape index (κ2) is 10.1. The third kappa shape index (κ3) is 5.17. The lowest BCUT2D eigenvalue weighted by Crippen LogP contribution is -2.34. The summed E-state index contributed by atoms with van der Waals surface area (Å²) in [5.41, 5.74) is 5.50. The average molecular weight is 455 g/mol. The van der Waals surface area contributed by atoms with E-state index in [0.717, 1.165) is 29.1 Å². The smallest absolute Gasteiger partial charge is 0.257 e. The number of amides is 1. The normalized spacial score (nSPS) is 10.4. The Balaban J connectivity index is 1.65. The summed E-state index contributed by atoms with van der Waals surface area (Å²) in [7, 11) is 4.48. The monoisotopic (exact) mass is 454 g/mol. The van der Waals surface area contributed by atoms with Crippen molar-refractivity contribution in [1.82, 2.24) is 15.5 Å². The Morgan fingerprint density at radius 2 is 1.66 bits per heavy atom. The lowest BCUT2D eigenvalue weighted by molar-refractivity contribution is 0.0977. The largest absolute Gasteiger partial charge is 0.493 e. The number of benzene rings is 2. The number of carbonyl (C=O) groups excluding carboxylic acids is 1. The van der Waals surface area contributed by atoms with Gasteiger partial charge in [-0.25, -0.2) is 0 Å². The van der Waals surface area contributed by atoms with Gasteiger partial charge in [-0.05, 0) is 55.9 Å². The Bertz CT molecular complexity index is 1080. The molecule has 0 unspecified atom stereocenters. The molecule has 8 nitrogen and oxygen atoms in total. The molecule has 1 heterocycles. The maximum atomic E-state index is 12.7. The number of aryl methyl sites for hydroxylation is 2. The van der Waals surface area contributed by atoms with Crippen LogP contribution >= 0.6 is 12.2 Å². The van der Waals surface area contributed by atoms with Crippen LogP contribution in [0.15, 0.2) is 36.4 Å². The molecule has 168 valence electrons. The number of anilines is 1. The zero-order chi connectivity index (χ0) is 23.3. The van der Waals surface area contributed by atoms with Crippen molar-refractivity contribution in [1.29, 1.82) is 0 Å². The zero-order valence-electron chi connectivity index (χ0n) is 18.7. The fourth-order valence-corrected chi connectivity index (χ4v) is 3.50. The molecule has 3 N–H and O–H groups in total. The minimum absolute atomic E-state index is 0.179. The molecule has 0 radical (unpaired) electrons. The molecular weight excluding hydrogens is 428 g/mol. The maximum absolute atomic E-state index is 12.7. The molecule has 9 heteroatoms. The summed E-state index contributed by atoms with van der Waals surface area (Å²) in [5.74, 6) is 0.779. The summed E-state index contributed by atoms with van der Waals surface area (Å²) in [6, 6.07) is 11.0. The highest BCUT2D eigenvalue weighted by molar-refractivity contribution is 7.80. The van der Waals surface area contributed by atoms with Crippen molar-refractivity contribution in [3.63, 3.8) is 0 Å². The number of H-pyrrole nitrogens is 1. The van der Waals surface area contributed by atoms with Crippen molar-refractivity contribution in [2.75, 3.05) is 26.6 Å². The van der Waals surface area contributed by atoms with Crippen LogP contribution < -0.4 is 24.8 Å². The van der Waals surface area contributed by atoms with E-state index in [-0.39, 0.29) is 5.11 Å². The molecule has 2 aromatic carbocycles. The summed E-state index contributed by atoms with van der Waals surface area (Å²) in [6.45, 7) is 4.00. The molecule has 32 heavy (non-hydrogen) atoms. The molecule has 0 atom stereocenters. The zero-order valence-corrected chi connectivity index (χ0v) is 19.5. The number of methoxy groups -OCH3 is 3. The third-order valence-corrected chi connectivity index (χ3v) is 5.23. The second-order valence-electron chi connectivity index (χ2n) is 7.11. The highest BCUT2D eigenvalue weighted by Gasteiger charge is 2.17. The van der Waals surface area contributed by atoms with Crippen LogP contribution in [0, 0.1) is 13.8 Å². The van der Waals surface area contributed by atoms with Gasteiger partial charge in [0.25, 0.3) is 5.91 Å². The van der Waals surface area contributed by atoms with Crippen LogP contribution in [0.2, 0.25) is 0 Å². The van der Waals surface area contributed by atoms with Crippen molar-refractivity contribution in [2.45, 2.75) is 20.3 Å². The van der Waals surface area contributed by atoms with Crippen LogP contribution in [0.4, 0.5) is 5.69 Å². The van der Waals surface area contributed by atoms with E-state index in [2.05, 4.69) is 20.8 Å². The van der Waals surface area contributed by atoms with E-state index in [9.17, 15) is 4.79 Å². The maximum Gasteiger partial charge on any atom is 0.257 e. The number of aromatic nitrogens is 2. The van der Waals surface area contributed by atoms with Gasteiger partial charge in [-0.1, -0.05) is 12.1 Å². The van der Waals surface area contributed by atoms with Crippen LogP contribution in [-0.2, 0) is 6.42 Å². The van der Waals surface area contributed by atoms with E-state index in [1.165, 1.54) is 26.9 Å². The van der Waals surface area contributed by atoms with E-state index < -0.39 is 5.91 Å². The van der Waals surface area contributed by atoms with E-state index in [4.69, 9.17) is 26.4 Å². The van der Waals surface area contributed by atoms with Gasteiger partial charge in [-0.3, -0.25) is 15.2 Å². The topological polar surface area (TPSA) is 97.5 Å². The number of carbonyl (C=O) groups is 1. The molecule has 0 aliphatic carbocycles. The average Bonchev–Trinajstić information content (AvgIpc) is 3.11. The number of hydrogen-bond donors (Lipinski definition) is 3. The lowest BCUT2D eigenvalue weighted by atomic mass is 10.0. The molecule has 1 amide bonds. The second-order valence-corrected chi connectivity index (χ2v) is 7.52. The number of rotatable bonds is 7. The fraction of sp³-hybridized carbons (Fsp3) is 0.261. The number of hydrogen-bond acceptors (Lipinski definition) is 6. The van der Waals surface area contributed by atoms with Crippen LogP contribution in [0.5, 0.6) is 17.2 Å². The number of aromatic amines is 1. The summed E-state index contributed by atoms with van der Waals surface area (Å²) in [6.07, 6.45) is 0.788. The Morgan fingerprint density at radius 1 is 1.03 bits per heavy atom. The van der Waals surface area contributed by atoms with Crippen molar-refractivity contribution in [3.8, 4) is 17.2 Å². The lowest BCUT2D eigenvalue weighted by Gasteiger charge is -2.14. The van der Waals surface area contributed by atoms with E-state index in [1.807, 2.05) is 38.1 Å². The number of nitrogens with zero attached hydrogens (tertiary/aromatic N) is 1. The van der Waals surface area contributed by atoms with Gasteiger partial charge in [0.2, 0.25) is 5.75 Å². The molecule has 0 fully saturated rings. The molecule has 1 aromatic heterocycles. The molecule has 3 rings (SSSR count). The number of thiocarbonyl (C=S) groups is 1. The summed E-state index contributed by atoms with van der Waals surface area (Å²) >= 11 is 5.30. The SMILES string of the molecule is COc1cc(C(=O)NC(=S)Nc2ccc(Cc3c(C)n[nH]c3C)cc2)cc(OC)c1OC. The van der Waals surface area contributed by atoms with Gasteiger partial charge in [-0.15, -0.1) is 0 Å². The van der Waals surface area contributed by atoms with Gasteiger partial charge < -0.3 is 19.5 Å². The standard InChI is InChI=1S/C23H26N4O4S/c1-13-18(14(2)27-26-13)10-15-6-8-17(9-7-15)24-23(32)25-22(28)16-11-19(29-3)21(31-5)20(12-16)30-4/h6-9,11-12H,10H2,1-5H3,(H,26,27)(H2,24,25,28,32). The molecule has 0 saturated carbocycles. The van der Waals surface area contributed by atoms with Gasteiger partial charge in [0, 0.05) is 28.9 Å². The summed E-state index contributed by atoms with van der Waals surface area (Å²) < 4.78 is 15.9. The molecule has 3 aromatic rings. The molecule has 0 spiro atoms. The van der Waals surface area contributed by atoms with Gasteiger partial charge in [0.05, 0.1) is 27.0 Å². The van der Waals surface area contributed by atoms with Gasteiger partial charge in [-0.2, -0.15) is 5.10 Å². The molecule has 0 aliphatic rings. The predicted molar refractivity (Wildman–Crippen MR) is 127 cm³/mol. The highest BCUT2D eigenvalue weighted by Crippen LogP contribution is 2.38. The highest BCUT2D eigenvalue weighted by atomic mass is 32.1. The Morgan fingerprint density at radius 3 is 2.16 bits per heavy atom. The first-order valence-electron chi connectivity index (χ1n) is 9.88. The van der Waals surface area contributed by atoms with Crippen LogP contribution in [0.25, 0.3) is 0 Å².